The van der Waals surface area contributed by atoms with Gasteiger partial charge >= 0.3 is 0 Å². The molecule has 2 aliphatic heterocycles. The molecule has 5 nitrogen and oxygen atoms in total. The van der Waals surface area contributed by atoms with Gasteiger partial charge in [0.2, 0.25) is 0 Å². The second-order valence-electron chi connectivity index (χ2n) is 3.81. The van der Waals surface area contributed by atoms with Gasteiger partial charge in [-0.1, -0.05) is 0 Å². The van der Waals surface area contributed by atoms with Gasteiger partial charge in [-0.2, -0.15) is 0 Å². The first-order chi connectivity index (χ1) is 6.03. The van der Waals surface area contributed by atoms with Crippen molar-refractivity contribution < 1.29 is 24.4 Å². The van der Waals surface area contributed by atoms with Gasteiger partial charge in [0.1, 0.15) is 18.3 Å². The average Bonchev–Trinajstić information content (AvgIpc) is 2.47. The standard InChI is InChI=1S/C8H14O5/c1-8(2)12-5-4(3-9)11-7(10)6(5)13-8/h4-7,9-10H,3H2,1-2H3/t4-,5-,6-,7?/m0/s1. The Balaban J connectivity index is 2.12. The summed E-state index contributed by atoms with van der Waals surface area (Å²) in [7, 11) is 0. The second kappa shape index (κ2) is 2.90. The summed E-state index contributed by atoms with van der Waals surface area (Å²) in [6.07, 6.45) is -2.33. The van der Waals surface area contributed by atoms with Gasteiger partial charge < -0.3 is 24.4 Å². The van der Waals surface area contributed by atoms with Crippen LogP contribution in [0, 0.1) is 0 Å². The minimum absolute atomic E-state index is 0.169. The van der Waals surface area contributed by atoms with Gasteiger partial charge in [-0.05, 0) is 13.8 Å². The van der Waals surface area contributed by atoms with Gasteiger partial charge in [0.25, 0.3) is 0 Å². The van der Waals surface area contributed by atoms with Crippen LogP contribution < -0.4 is 0 Å². The van der Waals surface area contributed by atoms with Crippen molar-refractivity contribution in [2.45, 2.75) is 44.2 Å². The van der Waals surface area contributed by atoms with Gasteiger partial charge in [0.15, 0.2) is 12.1 Å². The summed E-state index contributed by atoms with van der Waals surface area (Å²) in [5.74, 6) is -0.701. The average molecular weight is 190 g/mol. The summed E-state index contributed by atoms with van der Waals surface area (Å²) < 4.78 is 15.9. The summed E-state index contributed by atoms with van der Waals surface area (Å²) in [4.78, 5) is 0. The highest BCUT2D eigenvalue weighted by molar-refractivity contribution is 4.94. The van der Waals surface area contributed by atoms with E-state index in [2.05, 4.69) is 0 Å². The maximum atomic E-state index is 9.39. The molecule has 2 rings (SSSR count). The number of hydrogen-bond donors (Lipinski definition) is 2. The molecule has 0 aliphatic carbocycles. The predicted octanol–water partition coefficient (Wildman–Crippen LogP) is -0.784. The molecule has 1 unspecified atom stereocenters. The number of ether oxygens (including phenoxy) is 3. The van der Waals surface area contributed by atoms with Crippen LogP contribution in [0.15, 0.2) is 0 Å². The second-order valence-corrected chi connectivity index (χ2v) is 3.81. The van der Waals surface area contributed by atoms with E-state index in [1.165, 1.54) is 0 Å². The molecule has 4 atom stereocenters. The molecular formula is C8H14O5. The van der Waals surface area contributed by atoms with Gasteiger partial charge in [0.05, 0.1) is 6.61 Å². The third-order valence-corrected chi connectivity index (χ3v) is 2.31. The lowest BCUT2D eigenvalue weighted by Gasteiger charge is -2.21. The lowest BCUT2D eigenvalue weighted by atomic mass is 10.1. The molecule has 0 saturated carbocycles. The van der Waals surface area contributed by atoms with Gasteiger partial charge in [-0.25, -0.2) is 0 Å². The highest BCUT2D eigenvalue weighted by atomic mass is 16.8. The Hall–Kier alpha value is -0.200. The lowest BCUT2D eigenvalue weighted by molar-refractivity contribution is -0.223. The molecule has 2 fully saturated rings. The summed E-state index contributed by atoms with van der Waals surface area (Å²) in [5.41, 5.74) is 0. The molecule has 0 aromatic heterocycles. The van der Waals surface area contributed by atoms with Crippen LogP contribution in [0.25, 0.3) is 0 Å². The SMILES string of the molecule is CC1(C)O[C@H]2[C@H](CO)OC(O)[C@H]2O1. The molecule has 76 valence electrons. The number of aliphatic hydroxyl groups excluding tert-OH is 2. The Morgan fingerprint density at radius 3 is 2.46 bits per heavy atom. The first kappa shape index (κ1) is 9.36. The highest BCUT2D eigenvalue weighted by Crippen LogP contribution is 2.37. The van der Waals surface area contributed by atoms with Gasteiger partial charge in [0, 0.05) is 0 Å². The van der Waals surface area contributed by atoms with Crippen molar-refractivity contribution in [3.05, 3.63) is 0 Å². The molecule has 2 N–H and O–H groups in total. The fourth-order valence-corrected chi connectivity index (χ4v) is 1.81. The molecule has 0 aromatic rings. The van der Waals surface area contributed by atoms with Crippen LogP contribution in [0.5, 0.6) is 0 Å². The van der Waals surface area contributed by atoms with Crippen LogP contribution in [0.2, 0.25) is 0 Å². The number of hydrogen-bond acceptors (Lipinski definition) is 5. The Labute approximate surface area is 76.2 Å². The van der Waals surface area contributed by atoms with Crippen LogP contribution in [0.4, 0.5) is 0 Å². The molecule has 0 radical (unpaired) electrons. The monoisotopic (exact) mass is 190 g/mol. The van der Waals surface area contributed by atoms with Crippen molar-refractivity contribution in [3.63, 3.8) is 0 Å². The van der Waals surface area contributed by atoms with E-state index in [1.54, 1.807) is 13.8 Å². The summed E-state index contributed by atoms with van der Waals surface area (Å²) in [6, 6.07) is 0. The maximum absolute atomic E-state index is 9.39. The first-order valence-corrected chi connectivity index (χ1v) is 4.33. The van der Waals surface area contributed by atoms with Crippen LogP contribution in [-0.2, 0) is 14.2 Å². The highest BCUT2D eigenvalue weighted by Gasteiger charge is 2.54. The van der Waals surface area contributed by atoms with Crippen LogP contribution >= 0.6 is 0 Å². The number of fused-ring (bicyclic) bond motifs is 1. The molecule has 2 heterocycles. The van der Waals surface area contributed by atoms with E-state index in [9.17, 15) is 5.11 Å². The molecule has 0 bridgehead atoms. The maximum Gasteiger partial charge on any atom is 0.184 e. The molecule has 0 aromatic carbocycles. The molecule has 13 heavy (non-hydrogen) atoms. The van der Waals surface area contributed by atoms with E-state index >= 15 is 0 Å². The minimum atomic E-state index is -0.996. The zero-order chi connectivity index (χ0) is 9.64. The third-order valence-electron chi connectivity index (χ3n) is 2.31. The zero-order valence-electron chi connectivity index (χ0n) is 7.64. The summed E-state index contributed by atoms with van der Waals surface area (Å²) in [6.45, 7) is 3.37. The van der Waals surface area contributed by atoms with E-state index in [4.69, 9.17) is 19.3 Å². The predicted molar refractivity (Wildman–Crippen MR) is 41.8 cm³/mol. The van der Waals surface area contributed by atoms with E-state index in [0.29, 0.717) is 0 Å². The topological polar surface area (TPSA) is 68.2 Å². The third kappa shape index (κ3) is 1.47. The first-order valence-electron chi connectivity index (χ1n) is 4.33. The van der Waals surface area contributed by atoms with Crippen molar-refractivity contribution in [2.24, 2.45) is 0 Å². The zero-order valence-corrected chi connectivity index (χ0v) is 7.64. The number of aliphatic hydroxyl groups is 2. The molecule has 5 heteroatoms. The van der Waals surface area contributed by atoms with E-state index in [1.807, 2.05) is 0 Å². The Kier molecular flexibility index (Phi) is 2.08. The Morgan fingerprint density at radius 2 is 1.85 bits per heavy atom. The quantitative estimate of drug-likeness (QED) is 0.567. The van der Waals surface area contributed by atoms with E-state index in [0.717, 1.165) is 0 Å². The Bertz CT molecular complexity index is 205. The van der Waals surface area contributed by atoms with Gasteiger partial charge in [-0.3, -0.25) is 0 Å². The number of rotatable bonds is 1. The van der Waals surface area contributed by atoms with Crippen molar-refractivity contribution in [2.75, 3.05) is 6.61 Å². The van der Waals surface area contributed by atoms with Gasteiger partial charge in [-0.15, -0.1) is 0 Å². The minimum Gasteiger partial charge on any atom is -0.394 e. The molecular weight excluding hydrogens is 176 g/mol. The molecule has 0 amide bonds. The fraction of sp³-hybridized carbons (Fsp3) is 1.00. The molecule has 0 spiro atoms. The summed E-state index contributed by atoms with van der Waals surface area (Å²) in [5, 5.41) is 18.3. The van der Waals surface area contributed by atoms with Crippen LogP contribution in [0.3, 0.4) is 0 Å². The molecule has 2 aliphatic rings. The largest absolute Gasteiger partial charge is 0.394 e. The van der Waals surface area contributed by atoms with E-state index in [-0.39, 0.29) is 12.7 Å². The normalized spacial score (nSPS) is 48.0. The smallest absolute Gasteiger partial charge is 0.184 e. The lowest BCUT2D eigenvalue weighted by Crippen LogP contribution is -2.31. The summed E-state index contributed by atoms with van der Waals surface area (Å²) >= 11 is 0. The van der Waals surface area contributed by atoms with Crippen molar-refractivity contribution in [1.29, 1.82) is 0 Å². The Morgan fingerprint density at radius 1 is 1.23 bits per heavy atom. The van der Waals surface area contributed by atoms with Crippen LogP contribution in [-0.4, -0.2) is 47.2 Å². The van der Waals surface area contributed by atoms with E-state index < -0.39 is 24.3 Å². The van der Waals surface area contributed by atoms with Crippen molar-refractivity contribution in [3.8, 4) is 0 Å². The van der Waals surface area contributed by atoms with Crippen molar-refractivity contribution >= 4 is 0 Å². The van der Waals surface area contributed by atoms with Crippen LogP contribution in [0.1, 0.15) is 13.8 Å². The van der Waals surface area contributed by atoms with Crippen molar-refractivity contribution in [1.82, 2.24) is 0 Å². The fourth-order valence-electron chi connectivity index (χ4n) is 1.81. The molecule has 2 saturated heterocycles.